The molecule has 0 N–H and O–H groups in total. The number of ether oxygens (including phenoxy) is 1. The summed E-state index contributed by atoms with van der Waals surface area (Å²) in [6.07, 6.45) is 7.50. The van der Waals surface area contributed by atoms with Gasteiger partial charge in [0.05, 0.1) is 11.9 Å². The molecule has 254 valence electrons. The molecule has 0 bridgehead atoms. The predicted octanol–water partition coefficient (Wildman–Crippen LogP) is 10.5. The molecule has 8 rings (SSSR count). The Kier molecular flexibility index (Phi) is 8.73. The Morgan fingerprint density at radius 2 is 1.60 bits per heavy atom. The number of hydrogen-bond acceptors (Lipinski definition) is 6. The van der Waals surface area contributed by atoms with Gasteiger partial charge in [-0.05, 0) is 64.6 Å². The number of benzene rings is 3. The van der Waals surface area contributed by atoms with E-state index in [0.717, 1.165) is 56.1 Å². The van der Waals surface area contributed by atoms with Gasteiger partial charge in [0, 0.05) is 62.4 Å². The van der Waals surface area contributed by atoms with E-state index in [0.29, 0.717) is 17.4 Å². The zero-order valence-corrected chi connectivity index (χ0v) is 31.1. The van der Waals surface area contributed by atoms with Crippen LogP contribution in [0.15, 0.2) is 104 Å². The summed E-state index contributed by atoms with van der Waals surface area (Å²) in [7, 11) is 0. The third kappa shape index (κ3) is 5.94. The number of aromatic nitrogens is 4. The summed E-state index contributed by atoms with van der Waals surface area (Å²) in [5.41, 5.74) is 8.28. The van der Waals surface area contributed by atoms with Crippen LogP contribution in [0.25, 0.3) is 27.6 Å². The summed E-state index contributed by atoms with van der Waals surface area (Å²) < 4.78 is 8.67. The van der Waals surface area contributed by atoms with Crippen LogP contribution < -0.4 is 14.5 Å². The molecule has 5 heterocycles. The van der Waals surface area contributed by atoms with E-state index in [-0.39, 0.29) is 26.5 Å². The Labute approximate surface area is 307 Å². The molecule has 50 heavy (non-hydrogen) atoms. The molecule has 0 fully saturated rings. The second kappa shape index (κ2) is 13.0. The van der Waals surface area contributed by atoms with Crippen molar-refractivity contribution in [2.24, 2.45) is 0 Å². The molecule has 7 nitrogen and oxygen atoms in total. The van der Waals surface area contributed by atoms with Gasteiger partial charge in [-0.2, -0.15) is 12.1 Å². The van der Waals surface area contributed by atoms with Crippen LogP contribution in [0, 0.1) is 25.7 Å². The zero-order chi connectivity index (χ0) is 33.9. The Morgan fingerprint density at radius 1 is 0.780 bits per heavy atom. The van der Waals surface area contributed by atoms with Crippen molar-refractivity contribution in [1.82, 2.24) is 19.5 Å². The van der Waals surface area contributed by atoms with E-state index in [4.69, 9.17) is 14.7 Å². The fourth-order valence-electron chi connectivity index (χ4n) is 6.51. The van der Waals surface area contributed by atoms with Crippen molar-refractivity contribution in [3.63, 3.8) is 0 Å². The number of rotatable bonds is 6. The summed E-state index contributed by atoms with van der Waals surface area (Å²) in [5, 5.41) is 2.23. The fourth-order valence-corrected chi connectivity index (χ4v) is 6.51. The maximum Gasteiger partial charge on any atom is 0.135 e. The van der Waals surface area contributed by atoms with E-state index >= 15 is 0 Å². The zero-order valence-electron chi connectivity index (χ0n) is 28.9. The van der Waals surface area contributed by atoms with Gasteiger partial charge in [-0.3, -0.25) is 4.98 Å². The van der Waals surface area contributed by atoms with Gasteiger partial charge in [0.15, 0.2) is 0 Å². The van der Waals surface area contributed by atoms with Gasteiger partial charge in [-0.15, -0.1) is 48.1 Å². The minimum atomic E-state index is -0.0104. The molecule has 4 aromatic heterocycles. The predicted molar refractivity (Wildman–Crippen MR) is 197 cm³/mol. The van der Waals surface area contributed by atoms with E-state index in [1.54, 1.807) is 0 Å². The van der Waals surface area contributed by atoms with Crippen LogP contribution in [0.4, 0.5) is 22.9 Å². The summed E-state index contributed by atoms with van der Waals surface area (Å²) in [5.74, 6) is 3.23. The van der Waals surface area contributed by atoms with Crippen LogP contribution in [-0.2, 0) is 26.5 Å². The number of para-hydroxylation sites is 1. The van der Waals surface area contributed by atoms with Crippen molar-refractivity contribution < 1.29 is 25.8 Å². The largest absolute Gasteiger partial charge is 0.509 e. The van der Waals surface area contributed by atoms with E-state index in [1.165, 1.54) is 11.1 Å². The minimum Gasteiger partial charge on any atom is -0.509 e. The summed E-state index contributed by atoms with van der Waals surface area (Å²) in [6.45, 7) is 15.2. The number of nitrogens with zero attached hydrogens (tertiary/aromatic N) is 6. The quantitative estimate of drug-likeness (QED) is 0.156. The molecule has 0 radical (unpaired) electrons. The molecule has 1 aliphatic rings. The van der Waals surface area contributed by atoms with Crippen molar-refractivity contribution in [2.45, 2.75) is 52.9 Å². The van der Waals surface area contributed by atoms with E-state index in [2.05, 4.69) is 128 Å². The first-order valence-corrected chi connectivity index (χ1v) is 16.6. The fraction of sp³-hybridized carbons (Fsp3) is 0.190. The van der Waals surface area contributed by atoms with Gasteiger partial charge in [0.1, 0.15) is 11.6 Å². The third-order valence-corrected chi connectivity index (χ3v) is 9.04. The van der Waals surface area contributed by atoms with E-state index in [1.807, 2.05) is 55.1 Å². The molecule has 0 saturated heterocycles. The normalized spacial score (nSPS) is 12.9. The van der Waals surface area contributed by atoms with Gasteiger partial charge in [-0.25, -0.2) is 9.97 Å². The maximum absolute atomic E-state index is 6.49. The first-order chi connectivity index (χ1) is 23.7. The molecule has 7 aromatic rings. The Bertz CT molecular complexity index is 2360. The summed E-state index contributed by atoms with van der Waals surface area (Å²) in [6, 6.07) is 34.0. The first-order valence-electron chi connectivity index (χ1n) is 16.6. The maximum atomic E-state index is 6.49. The second-order valence-electron chi connectivity index (χ2n) is 13.9. The van der Waals surface area contributed by atoms with Crippen LogP contribution in [0.1, 0.15) is 57.2 Å². The molecule has 3 aromatic carbocycles. The monoisotopic (exact) mass is 836 g/mol. The molecule has 0 saturated carbocycles. The molecule has 0 aliphatic carbocycles. The first kappa shape index (κ1) is 33.5. The van der Waals surface area contributed by atoms with Crippen molar-refractivity contribution in [2.75, 3.05) is 9.80 Å². The average molecular weight is 837 g/mol. The van der Waals surface area contributed by atoms with Crippen molar-refractivity contribution in [3.05, 3.63) is 139 Å². The topological polar surface area (TPSA) is 59.3 Å². The SMILES string of the molecule is Cc1cnc(N2[CH-]N(c3[c-]c(Oc4[c-]c5c(cc4)c4ccccc4n5-c4cc(C(C)(C)C)ccn4)ccc3)c3ccncc32)c(C(C)C)c1.[Pt]. The van der Waals surface area contributed by atoms with Gasteiger partial charge in [0.25, 0.3) is 0 Å². The van der Waals surface area contributed by atoms with Gasteiger partial charge < -0.3 is 19.1 Å². The van der Waals surface area contributed by atoms with Crippen LogP contribution in [0.5, 0.6) is 11.5 Å². The Hall–Kier alpha value is -5.00. The number of hydrogen-bond donors (Lipinski definition) is 0. The molecular formula is C42H37N6OPt-3. The van der Waals surface area contributed by atoms with Crippen molar-refractivity contribution in [3.8, 4) is 17.3 Å². The Morgan fingerprint density at radius 3 is 2.42 bits per heavy atom. The van der Waals surface area contributed by atoms with E-state index < -0.39 is 0 Å². The number of aryl methyl sites for hydroxylation is 1. The van der Waals surface area contributed by atoms with Crippen LogP contribution in [0.2, 0.25) is 0 Å². The third-order valence-electron chi connectivity index (χ3n) is 9.04. The van der Waals surface area contributed by atoms with Crippen molar-refractivity contribution in [1.29, 1.82) is 0 Å². The van der Waals surface area contributed by atoms with Gasteiger partial charge in [0.2, 0.25) is 0 Å². The van der Waals surface area contributed by atoms with Gasteiger partial charge in [-0.1, -0.05) is 64.4 Å². The van der Waals surface area contributed by atoms with E-state index in [9.17, 15) is 0 Å². The number of fused-ring (bicyclic) bond motifs is 4. The molecular weight excluding hydrogens is 800 g/mol. The molecule has 1 aliphatic heterocycles. The van der Waals surface area contributed by atoms with Crippen LogP contribution in [0.3, 0.4) is 0 Å². The minimum absolute atomic E-state index is 0. The smallest absolute Gasteiger partial charge is 0.135 e. The second-order valence-corrected chi connectivity index (χ2v) is 13.9. The summed E-state index contributed by atoms with van der Waals surface area (Å²) >= 11 is 0. The average Bonchev–Trinajstić information content (AvgIpc) is 3.64. The molecule has 0 unspecified atom stereocenters. The Balaban J connectivity index is 0.00000392. The van der Waals surface area contributed by atoms with Gasteiger partial charge >= 0.3 is 0 Å². The van der Waals surface area contributed by atoms with Crippen LogP contribution in [-0.4, -0.2) is 19.5 Å². The molecule has 8 heteroatoms. The van der Waals surface area contributed by atoms with Crippen LogP contribution >= 0.6 is 0 Å². The number of pyridine rings is 3. The van der Waals surface area contributed by atoms with Crippen molar-refractivity contribution >= 4 is 44.7 Å². The number of anilines is 4. The molecule has 0 atom stereocenters. The molecule has 0 spiro atoms. The standard InChI is InChI=1S/C42H37N6O.Pt/c1-27(2)35-20-28(3)24-45-41(35)47-26-46(37-17-18-43-25-39(37)47)30-10-9-11-31(22-30)49-32-14-15-34-33-12-7-8-13-36(33)48(38(34)23-32)40-21-29(16-19-44-40)42(4,5)6;/h7-21,24-27H,1-6H3;/q-3;. The molecule has 0 amide bonds. The summed E-state index contributed by atoms with van der Waals surface area (Å²) in [4.78, 5) is 18.3.